The standard InChI is InChI=1S/C16H21N5O2/c1-11-15(20-10-23-11)16(22)21-5-2-3-12(4-6-21)7-13-8-19-14(17)9-18-13/h8-10,12H,2-7H2,1H3,(H2,17,19). The van der Waals surface area contributed by atoms with E-state index in [0.717, 1.165) is 44.5 Å². The number of nitrogens with zero attached hydrogens (tertiary/aromatic N) is 4. The third kappa shape index (κ3) is 3.67. The zero-order valence-electron chi connectivity index (χ0n) is 13.2. The van der Waals surface area contributed by atoms with Crippen LogP contribution in [0.4, 0.5) is 5.82 Å². The summed E-state index contributed by atoms with van der Waals surface area (Å²) >= 11 is 0. The number of aryl methyl sites for hydroxylation is 1. The molecule has 0 spiro atoms. The van der Waals surface area contributed by atoms with Crippen molar-refractivity contribution in [2.75, 3.05) is 18.8 Å². The SMILES string of the molecule is Cc1ocnc1C(=O)N1CCCC(Cc2cnc(N)cn2)CC1. The Bertz CT molecular complexity index is 667. The Morgan fingerprint density at radius 2 is 2.17 bits per heavy atom. The molecule has 2 N–H and O–H groups in total. The summed E-state index contributed by atoms with van der Waals surface area (Å²) < 4.78 is 5.13. The lowest BCUT2D eigenvalue weighted by Gasteiger charge is -2.19. The molecule has 1 atom stereocenters. The van der Waals surface area contributed by atoms with Crippen LogP contribution in [0.2, 0.25) is 0 Å². The van der Waals surface area contributed by atoms with Crippen LogP contribution in [0.25, 0.3) is 0 Å². The molecule has 0 aliphatic carbocycles. The molecule has 2 aromatic heterocycles. The van der Waals surface area contributed by atoms with Gasteiger partial charge in [0, 0.05) is 13.1 Å². The molecule has 2 aromatic rings. The molecule has 1 saturated heterocycles. The van der Waals surface area contributed by atoms with Gasteiger partial charge in [0.15, 0.2) is 12.1 Å². The van der Waals surface area contributed by atoms with E-state index in [2.05, 4.69) is 15.0 Å². The van der Waals surface area contributed by atoms with Gasteiger partial charge < -0.3 is 15.1 Å². The van der Waals surface area contributed by atoms with E-state index in [-0.39, 0.29) is 5.91 Å². The molecule has 0 saturated carbocycles. The van der Waals surface area contributed by atoms with Gasteiger partial charge in [0.25, 0.3) is 5.91 Å². The Balaban J connectivity index is 1.60. The van der Waals surface area contributed by atoms with Crippen molar-refractivity contribution in [1.82, 2.24) is 19.9 Å². The number of hydrogen-bond acceptors (Lipinski definition) is 6. The van der Waals surface area contributed by atoms with E-state index in [1.165, 1.54) is 6.39 Å². The van der Waals surface area contributed by atoms with Crippen LogP contribution < -0.4 is 5.73 Å². The number of rotatable bonds is 3. The third-order valence-corrected chi connectivity index (χ3v) is 4.31. The normalized spacial score (nSPS) is 18.7. The lowest BCUT2D eigenvalue weighted by atomic mass is 9.95. The zero-order chi connectivity index (χ0) is 16.2. The smallest absolute Gasteiger partial charge is 0.276 e. The number of oxazole rings is 1. The van der Waals surface area contributed by atoms with Crippen LogP contribution in [0.1, 0.15) is 41.2 Å². The third-order valence-electron chi connectivity index (χ3n) is 4.31. The van der Waals surface area contributed by atoms with E-state index in [4.69, 9.17) is 10.2 Å². The second-order valence-corrected chi connectivity index (χ2v) is 5.98. The summed E-state index contributed by atoms with van der Waals surface area (Å²) in [5, 5.41) is 0. The molecule has 1 aliphatic heterocycles. The molecule has 3 heterocycles. The first-order chi connectivity index (χ1) is 11.1. The van der Waals surface area contributed by atoms with Crippen molar-refractivity contribution < 1.29 is 9.21 Å². The summed E-state index contributed by atoms with van der Waals surface area (Å²) in [6, 6.07) is 0. The van der Waals surface area contributed by atoms with Crippen molar-refractivity contribution in [2.24, 2.45) is 5.92 Å². The van der Waals surface area contributed by atoms with Gasteiger partial charge in [0.1, 0.15) is 11.6 Å². The number of carbonyl (C=O) groups excluding carboxylic acids is 1. The number of amides is 1. The molecule has 7 heteroatoms. The predicted octanol–water partition coefficient (Wildman–Crippen LogP) is 1.84. The highest BCUT2D eigenvalue weighted by Crippen LogP contribution is 2.22. The van der Waals surface area contributed by atoms with E-state index in [1.54, 1.807) is 19.3 Å². The van der Waals surface area contributed by atoms with Gasteiger partial charge in [-0.1, -0.05) is 0 Å². The largest absolute Gasteiger partial charge is 0.448 e. The number of aromatic nitrogens is 3. The van der Waals surface area contributed by atoms with Gasteiger partial charge in [0.05, 0.1) is 18.1 Å². The molecule has 1 amide bonds. The van der Waals surface area contributed by atoms with Crippen molar-refractivity contribution >= 4 is 11.7 Å². The summed E-state index contributed by atoms with van der Waals surface area (Å²) in [5.41, 5.74) is 6.94. The van der Waals surface area contributed by atoms with Crippen molar-refractivity contribution in [2.45, 2.75) is 32.6 Å². The maximum absolute atomic E-state index is 12.5. The van der Waals surface area contributed by atoms with Crippen LogP contribution in [0.5, 0.6) is 0 Å². The summed E-state index contributed by atoms with van der Waals surface area (Å²) in [6.07, 6.45) is 8.54. The Labute approximate surface area is 134 Å². The van der Waals surface area contributed by atoms with Crippen LogP contribution >= 0.6 is 0 Å². The molecule has 23 heavy (non-hydrogen) atoms. The number of nitrogen functional groups attached to an aromatic ring is 1. The van der Waals surface area contributed by atoms with Gasteiger partial charge in [-0.25, -0.2) is 9.97 Å². The minimum Gasteiger partial charge on any atom is -0.448 e. The molecule has 3 rings (SSSR count). The minimum absolute atomic E-state index is 0.0378. The highest BCUT2D eigenvalue weighted by Gasteiger charge is 2.24. The first-order valence-corrected chi connectivity index (χ1v) is 7.89. The van der Waals surface area contributed by atoms with Crippen LogP contribution in [0.15, 0.2) is 23.2 Å². The molecular weight excluding hydrogens is 294 g/mol. The quantitative estimate of drug-likeness (QED) is 0.928. The van der Waals surface area contributed by atoms with Crippen LogP contribution in [0, 0.1) is 12.8 Å². The number of carbonyl (C=O) groups is 1. The molecular formula is C16H21N5O2. The molecule has 0 radical (unpaired) electrons. The fraction of sp³-hybridized carbons (Fsp3) is 0.500. The van der Waals surface area contributed by atoms with E-state index in [0.29, 0.717) is 23.2 Å². The summed E-state index contributed by atoms with van der Waals surface area (Å²) in [4.78, 5) is 26.8. The fourth-order valence-corrected chi connectivity index (χ4v) is 3.00. The van der Waals surface area contributed by atoms with Gasteiger partial charge in [-0.2, -0.15) is 0 Å². The van der Waals surface area contributed by atoms with Gasteiger partial charge in [-0.15, -0.1) is 0 Å². The summed E-state index contributed by atoms with van der Waals surface area (Å²) in [5.74, 6) is 1.48. The molecule has 7 nitrogen and oxygen atoms in total. The lowest BCUT2D eigenvalue weighted by Crippen LogP contribution is -2.32. The summed E-state index contributed by atoms with van der Waals surface area (Å²) in [7, 11) is 0. The van der Waals surface area contributed by atoms with E-state index < -0.39 is 0 Å². The Hall–Kier alpha value is -2.44. The fourth-order valence-electron chi connectivity index (χ4n) is 3.00. The Morgan fingerprint density at radius 3 is 2.87 bits per heavy atom. The monoisotopic (exact) mass is 315 g/mol. The molecule has 1 unspecified atom stereocenters. The van der Waals surface area contributed by atoms with Crippen molar-refractivity contribution in [3.8, 4) is 0 Å². The van der Waals surface area contributed by atoms with Crippen LogP contribution in [-0.2, 0) is 6.42 Å². The van der Waals surface area contributed by atoms with Gasteiger partial charge in [-0.05, 0) is 38.5 Å². The molecule has 0 aromatic carbocycles. The molecule has 1 aliphatic rings. The first kappa shape index (κ1) is 15.5. The lowest BCUT2D eigenvalue weighted by molar-refractivity contribution is 0.0753. The summed E-state index contributed by atoms with van der Waals surface area (Å²) in [6.45, 7) is 3.26. The van der Waals surface area contributed by atoms with Gasteiger partial charge >= 0.3 is 0 Å². The van der Waals surface area contributed by atoms with Crippen LogP contribution in [0.3, 0.4) is 0 Å². The predicted molar refractivity (Wildman–Crippen MR) is 84.6 cm³/mol. The average Bonchev–Trinajstić information content (AvgIpc) is 2.84. The molecule has 122 valence electrons. The number of hydrogen-bond donors (Lipinski definition) is 1. The van der Waals surface area contributed by atoms with E-state index in [1.807, 2.05) is 4.90 Å². The van der Waals surface area contributed by atoms with Crippen molar-refractivity contribution in [3.63, 3.8) is 0 Å². The van der Waals surface area contributed by atoms with Crippen molar-refractivity contribution in [1.29, 1.82) is 0 Å². The molecule has 0 bridgehead atoms. The highest BCUT2D eigenvalue weighted by atomic mass is 16.3. The number of likely N-dealkylation sites (tertiary alicyclic amines) is 1. The molecule has 1 fully saturated rings. The first-order valence-electron chi connectivity index (χ1n) is 7.89. The maximum Gasteiger partial charge on any atom is 0.276 e. The zero-order valence-corrected chi connectivity index (χ0v) is 13.2. The van der Waals surface area contributed by atoms with Crippen molar-refractivity contribution in [3.05, 3.63) is 35.9 Å². The van der Waals surface area contributed by atoms with Gasteiger partial charge in [-0.3, -0.25) is 9.78 Å². The van der Waals surface area contributed by atoms with Gasteiger partial charge in [0.2, 0.25) is 0 Å². The van der Waals surface area contributed by atoms with E-state index >= 15 is 0 Å². The number of anilines is 1. The topological polar surface area (TPSA) is 98.1 Å². The Kier molecular flexibility index (Phi) is 4.55. The average molecular weight is 315 g/mol. The minimum atomic E-state index is -0.0378. The van der Waals surface area contributed by atoms with E-state index in [9.17, 15) is 4.79 Å². The number of nitrogens with two attached hydrogens (primary N) is 1. The second-order valence-electron chi connectivity index (χ2n) is 5.98. The van der Waals surface area contributed by atoms with Crippen LogP contribution in [-0.4, -0.2) is 38.8 Å². The maximum atomic E-state index is 12.5. The highest BCUT2D eigenvalue weighted by molar-refractivity contribution is 5.93. The second kappa shape index (κ2) is 6.76. The Morgan fingerprint density at radius 1 is 1.30 bits per heavy atom.